The van der Waals surface area contributed by atoms with Crippen LogP contribution in [0.1, 0.15) is 6.92 Å². The third-order valence-electron chi connectivity index (χ3n) is 1.77. The summed E-state index contributed by atoms with van der Waals surface area (Å²) in [5, 5.41) is 0.855. The number of nitrogens with one attached hydrogen (secondary N) is 1. The van der Waals surface area contributed by atoms with Crippen LogP contribution in [0.15, 0.2) is 23.1 Å². The first-order valence-electron chi connectivity index (χ1n) is 4.49. The highest BCUT2D eigenvalue weighted by atomic mass is 35.5. The third-order valence-corrected chi connectivity index (χ3v) is 3.60. The van der Waals surface area contributed by atoms with Gasteiger partial charge in [0.25, 0.3) is 5.91 Å². The second kappa shape index (κ2) is 6.35. The maximum absolute atomic E-state index is 11.4. The molecule has 0 radical (unpaired) electrons. The van der Waals surface area contributed by atoms with Gasteiger partial charge in [0.05, 0.1) is 17.4 Å². The van der Waals surface area contributed by atoms with Gasteiger partial charge >= 0.3 is 0 Å². The van der Waals surface area contributed by atoms with E-state index in [1.165, 1.54) is 18.9 Å². The Morgan fingerprint density at radius 3 is 2.81 bits per heavy atom. The van der Waals surface area contributed by atoms with Gasteiger partial charge in [-0.15, -0.1) is 11.8 Å². The van der Waals surface area contributed by atoms with E-state index in [2.05, 4.69) is 10.3 Å². The molecular weight excluding hydrogens is 269 g/mol. The van der Waals surface area contributed by atoms with Gasteiger partial charge in [-0.25, -0.2) is 5.48 Å². The lowest BCUT2D eigenvalue weighted by molar-refractivity contribution is -0.130. The summed E-state index contributed by atoms with van der Waals surface area (Å²) in [4.78, 5) is 16.7. The van der Waals surface area contributed by atoms with Crippen LogP contribution in [0.25, 0.3) is 0 Å². The van der Waals surface area contributed by atoms with Crippen molar-refractivity contribution in [1.82, 2.24) is 5.48 Å². The number of hydrogen-bond acceptors (Lipinski definition) is 3. The van der Waals surface area contributed by atoms with E-state index < -0.39 is 0 Å². The van der Waals surface area contributed by atoms with Crippen LogP contribution in [0.5, 0.6) is 0 Å². The normalized spacial score (nSPS) is 12.2. The zero-order valence-electron chi connectivity index (χ0n) is 8.79. The largest absolute Gasteiger partial charge is 0.277 e. The molecule has 1 amide bonds. The summed E-state index contributed by atoms with van der Waals surface area (Å²) in [5.41, 5.74) is 2.26. The summed E-state index contributed by atoms with van der Waals surface area (Å²) in [6.45, 7) is 1.76. The molecule has 0 aromatic heterocycles. The first-order valence-corrected chi connectivity index (χ1v) is 6.12. The fourth-order valence-corrected chi connectivity index (χ4v) is 2.39. The molecule has 88 valence electrons. The standard InChI is InChI=1S/C10H11Cl2NO2S/c1-6(10(14)13-15-2)16-9-5-7(11)3-4-8(9)12/h3-6H,1-2H3,(H,13,14)/t6-/m1/s1. The van der Waals surface area contributed by atoms with Crippen LogP contribution < -0.4 is 5.48 Å². The molecule has 0 spiro atoms. The fraction of sp³-hybridized carbons (Fsp3) is 0.300. The summed E-state index contributed by atoms with van der Waals surface area (Å²) in [6.07, 6.45) is 0. The number of amides is 1. The molecule has 16 heavy (non-hydrogen) atoms. The van der Waals surface area contributed by atoms with Gasteiger partial charge in [-0.3, -0.25) is 9.63 Å². The highest BCUT2D eigenvalue weighted by Crippen LogP contribution is 2.32. The molecule has 0 saturated heterocycles. The van der Waals surface area contributed by atoms with Crippen molar-refractivity contribution in [3.05, 3.63) is 28.2 Å². The molecule has 0 fully saturated rings. The number of halogens is 2. The van der Waals surface area contributed by atoms with Crippen LogP contribution in [0, 0.1) is 0 Å². The molecule has 0 saturated carbocycles. The lowest BCUT2D eigenvalue weighted by Crippen LogP contribution is -2.29. The summed E-state index contributed by atoms with van der Waals surface area (Å²) in [6, 6.07) is 5.13. The number of thioether (sulfide) groups is 1. The third kappa shape index (κ3) is 3.87. The molecule has 1 rings (SSSR count). The number of carbonyl (C=O) groups excluding carboxylic acids is 1. The van der Waals surface area contributed by atoms with Crippen LogP contribution >= 0.6 is 35.0 Å². The Morgan fingerprint density at radius 2 is 2.19 bits per heavy atom. The smallest absolute Gasteiger partial charge is 0.256 e. The predicted molar refractivity (Wildman–Crippen MR) is 66.9 cm³/mol. The molecule has 0 bridgehead atoms. The fourth-order valence-electron chi connectivity index (χ4n) is 0.995. The van der Waals surface area contributed by atoms with Crippen LogP contribution in [0.3, 0.4) is 0 Å². The van der Waals surface area contributed by atoms with Gasteiger partial charge in [0.2, 0.25) is 0 Å². The number of benzene rings is 1. The molecule has 1 aromatic rings. The first kappa shape index (κ1) is 13.6. The molecule has 0 aliphatic heterocycles. The predicted octanol–water partition coefficient (Wildman–Crippen LogP) is 3.15. The number of hydrogen-bond donors (Lipinski definition) is 1. The minimum absolute atomic E-state index is 0.219. The molecule has 0 aliphatic carbocycles. The lowest BCUT2D eigenvalue weighted by Gasteiger charge is -2.11. The highest BCUT2D eigenvalue weighted by Gasteiger charge is 2.15. The number of rotatable bonds is 4. The van der Waals surface area contributed by atoms with Gasteiger partial charge in [0.15, 0.2) is 0 Å². The maximum Gasteiger partial charge on any atom is 0.256 e. The Labute approximate surface area is 108 Å². The van der Waals surface area contributed by atoms with Crippen LogP contribution in [0.4, 0.5) is 0 Å². The second-order valence-electron chi connectivity index (χ2n) is 3.01. The topological polar surface area (TPSA) is 38.3 Å². The van der Waals surface area contributed by atoms with Crippen molar-refractivity contribution >= 4 is 40.9 Å². The van der Waals surface area contributed by atoms with E-state index >= 15 is 0 Å². The molecule has 6 heteroatoms. The van der Waals surface area contributed by atoms with Gasteiger partial charge < -0.3 is 0 Å². The maximum atomic E-state index is 11.4. The summed E-state index contributed by atoms with van der Waals surface area (Å²) in [5.74, 6) is -0.219. The Morgan fingerprint density at radius 1 is 1.50 bits per heavy atom. The van der Waals surface area contributed by atoms with Gasteiger partial charge in [-0.2, -0.15) is 0 Å². The van der Waals surface area contributed by atoms with Crippen molar-refractivity contribution in [2.24, 2.45) is 0 Å². The van der Waals surface area contributed by atoms with Crippen molar-refractivity contribution in [1.29, 1.82) is 0 Å². The molecular formula is C10H11Cl2NO2S. The molecule has 1 N–H and O–H groups in total. The van der Waals surface area contributed by atoms with Gasteiger partial charge in [-0.1, -0.05) is 23.2 Å². The summed E-state index contributed by atoms with van der Waals surface area (Å²) >= 11 is 13.1. The Bertz CT molecular complexity index is 387. The summed E-state index contributed by atoms with van der Waals surface area (Å²) < 4.78 is 0. The minimum Gasteiger partial charge on any atom is -0.277 e. The van der Waals surface area contributed by atoms with Crippen LogP contribution in [-0.4, -0.2) is 18.3 Å². The minimum atomic E-state index is -0.309. The van der Waals surface area contributed by atoms with Crippen LogP contribution in [0.2, 0.25) is 10.0 Å². The molecule has 1 aromatic carbocycles. The van der Waals surface area contributed by atoms with Gasteiger partial charge in [0, 0.05) is 9.92 Å². The Balaban J connectivity index is 2.72. The zero-order valence-corrected chi connectivity index (χ0v) is 11.1. The number of hydroxylamine groups is 1. The Kier molecular flexibility index (Phi) is 5.41. The molecule has 0 unspecified atom stereocenters. The van der Waals surface area contributed by atoms with Crippen molar-refractivity contribution in [2.45, 2.75) is 17.1 Å². The van der Waals surface area contributed by atoms with E-state index in [0.29, 0.717) is 10.0 Å². The second-order valence-corrected chi connectivity index (χ2v) is 5.23. The van der Waals surface area contributed by atoms with E-state index in [4.69, 9.17) is 23.2 Å². The zero-order chi connectivity index (χ0) is 12.1. The average Bonchev–Trinajstić information content (AvgIpc) is 2.23. The first-order chi connectivity index (χ1) is 7.54. The van der Waals surface area contributed by atoms with E-state index in [-0.39, 0.29) is 11.2 Å². The van der Waals surface area contributed by atoms with Gasteiger partial charge in [-0.05, 0) is 25.1 Å². The lowest BCUT2D eigenvalue weighted by atomic mass is 10.4. The van der Waals surface area contributed by atoms with Crippen molar-refractivity contribution in [3.63, 3.8) is 0 Å². The monoisotopic (exact) mass is 279 g/mol. The van der Waals surface area contributed by atoms with E-state index in [1.807, 2.05) is 0 Å². The quantitative estimate of drug-likeness (QED) is 0.680. The average molecular weight is 280 g/mol. The van der Waals surface area contributed by atoms with E-state index in [1.54, 1.807) is 25.1 Å². The van der Waals surface area contributed by atoms with Crippen LogP contribution in [-0.2, 0) is 9.63 Å². The highest BCUT2D eigenvalue weighted by molar-refractivity contribution is 8.00. The summed E-state index contributed by atoms with van der Waals surface area (Å²) in [7, 11) is 1.39. The SMILES string of the molecule is CONC(=O)[C@@H](C)Sc1cc(Cl)ccc1Cl. The molecule has 0 heterocycles. The number of carbonyl (C=O) groups is 1. The van der Waals surface area contributed by atoms with Crippen molar-refractivity contribution in [2.75, 3.05) is 7.11 Å². The Hall–Kier alpha value is -0.420. The molecule has 0 aliphatic rings. The van der Waals surface area contributed by atoms with Crippen molar-refractivity contribution < 1.29 is 9.63 Å². The van der Waals surface area contributed by atoms with Gasteiger partial charge in [0.1, 0.15) is 0 Å². The van der Waals surface area contributed by atoms with E-state index in [9.17, 15) is 4.79 Å². The van der Waals surface area contributed by atoms with E-state index in [0.717, 1.165) is 4.90 Å². The molecule has 1 atom stereocenters. The molecule has 3 nitrogen and oxygen atoms in total. The van der Waals surface area contributed by atoms with Crippen molar-refractivity contribution in [3.8, 4) is 0 Å².